The summed E-state index contributed by atoms with van der Waals surface area (Å²) in [6.07, 6.45) is 0.255. The van der Waals surface area contributed by atoms with Gasteiger partial charge in [0.1, 0.15) is 0 Å². The Morgan fingerprint density at radius 1 is 0.848 bits per heavy atom. The largest absolute Gasteiger partial charge is 0.351 e. The summed E-state index contributed by atoms with van der Waals surface area (Å²) in [5.74, 6) is -0.538. The van der Waals surface area contributed by atoms with E-state index in [0.717, 1.165) is 5.56 Å². The Bertz CT molecular complexity index is 1430. The molecule has 0 aliphatic heterocycles. The first kappa shape index (κ1) is 22.4. The molecule has 168 valence electrons. The second-order valence-corrected chi connectivity index (χ2v) is 9.69. The van der Waals surface area contributed by atoms with Crippen molar-refractivity contribution in [3.63, 3.8) is 0 Å². The molecular weight excluding hydrogens is 438 g/mol. The number of sulfone groups is 1. The molecule has 0 radical (unpaired) electrons. The summed E-state index contributed by atoms with van der Waals surface area (Å²) in [6, 6.07) is 24.5. The van der Waals surface area contributed by atoms with Crippen molar-refractivity contribution >= 4 is 26.5 Å². The first-order valence-electron chi connectivity index (χ1n) is 10.6. The van der Waals surface area contributed by atoms with Gasteiger partial charge in [0.25, 0.3) is 11.5 Å². The van der Waals surface area contributed by atoms with E-state index >= 15 is 0 Å². The van der Waals surface area contributed by atoms with Crippen LogP contribution in [0.1, 0.15) is 22.5 Å². The molecule has 0 aliphatic rings. The van der Waals surface area contributed by atoms with Crippen LogP contribution in [0, 0.1) is 0 Å². The summed E-state index contributed by atoms with van der Waals surface area (Å²) in [5.41, 5.74) is 0.742. The molecule has 0 saturated heterocycles. The number of aromatic nitrogens is 2. The molecule has 7 nitrogen and oxygen atoms in total. The highest BCUT2D eigenvalue weighted by Crippen LogP contribution is 2.14. The van der Waals surface area contributed by atoms with Crippen LogP contribution < -0.4 is 10.9 Å². The van der Waals surface area contributed by atoms with Gasteiger partial charge >= 0.3 is 0 Å². The van der Waals surface area contributed by atoms with Gasteiger partial charge in [-0.1, -0.05) is 66.7 Å². The minimum atomic E-state index is -3.42. The lowest BCUT2D eigenvalue weighted by Gasteiger charge is -2.11. The number of carbonyl (C=O) groups excluding carboxylic acids is 1. The molecule has 8 heteroatoms. The van der Waals surface area contributed by atoms with Crippen LogP contribution in [0.25, 0.3) is 10.8 Å². The normalized spacial score (nSPS) is 11.4. The Kier molecular flexibility index (Phi) is 6.65. The quantitative estimate of drug-likeness (QED) is 0.407. The van der Waals surface area contributed by atoms with E-state index < -0.39 is 15.7 Å². The van der Waals surface area contributed by atoms with E-state index in [1.807, 2.05) is 30.3 Å². The SMILES string of the molecule is O=C(NCCCS(=O)(=O)c1ccccc1)c1nn(Cc2ccccc2)c(=O)c2ccccc12. The molecular formula is C25H23N3O4S. The van der Waals surface area contributed by atoms with Gasteiger partial charge in [-0.3, -0.25) is 9.59 Å². The molecule has 0 unspecified atom stereocenters. The third kappa shape index (κ3) is 5.18. The van der Waals surface area contributed by atoms with Crippen molar-refractivity contribution in [1.82, 2.24) is 15.1 Å². The summed E-state index contributed by atoms with van der Waals surface area (Å²) in [5, 5.41) is 7.95. The molecule has 0 spiro atoms. The number of fused-ring (bicyclic) bond motifs is 1. The molecule has 0 aliphatic carbocycles. The van der Waals surface area contributed by atoms with E-state index in [4.69, 9.17) is 0 Å². The van der Waals surface area contributed by atoms with Crippen LogP contribution in [0.4, 0.5) is 0 Å². The van der Waals surface area contributed by atoms with Crippen molar-refractivity contribution < 1.29 is 13.2 Å². The predicted octanol–water partition coefficient (Wildman–Crippen LogP) is 3.04. The fourth-order valence-electron chi connectivity index (χ4n) is 3.56. The van der Waals surface area contributed by atoms with Crippen molar-refractivity contribution in [1.29, 1.82) is 0 Å². The van der Waals surface area contributed by atoms with Crippen LogP contribution in [0.5, 0.6) is 0 Å². The third-order valence-electron chi connectivity index (χ3n) is 5.24. The molecule has 0 fully saturated rings. The molecule has 33 heavy (non-hydrogen) atoms. The van der Waals surface area contributed by atoms with Gasteiger partial charge < -0.3 is 5.32 Å². The maximum Gasteiger partial charge on any atom is 0.274 e. The average Bonchev–Trinajstić information content (AvgIpc) is 2.85. The van der Waals surface area contributed by atoms with E-state index in [2.05, 4.69) is 10.4 Å². The predicted molar refractivity (Wildman–Crippen MR) is 127 cm³/mol. The molecule has 4 aromatic rings. The highest BCUT2D eigenvalue weighted by Gasteiger charge is 2.18. The molecule has 1 amide bonds. The van der Waals surface area contributed by atoms with Gasteiger partial charge in [-0.25, -0.2) is 13.1 Å². The minimum absolute atomic E-state index is 0.0844. The molecule has 1 heterocycles. The lowest BCUT2D eigenvalue weighted by Crippen LogP contribution is -2.32. The second-order valence-electron chi connectivity index (χ2n) is 7.58. The highest BCUT2D eigenvalue weighted by atomic mass is 32.2. The van der Waals surface area contributed by atoms with Gasteiger partial charge in [-0.15, -0.1) is 0 Å². The van der Waals surface area contributed by atoms with Crippen molar-refractivity contribution in [2.75, 3.05) is 12.3 Å². The summed E-state index contributed by atoms with van der Waals surface area (Å²) in [4.78, 5) is 26.1. The Morgan fingerprint density at radius 3 is 2.15 bits per heavy atom. The molecule has 0 atom stereocenters. The zero-order valence-corrected chi connectivity index (χ0v) is 18.7. The number of amides is 1. The number of benzene rings is 3. The lowest BCUT2D eigenvalue weighted by molar-refractivity contribution is 0.0948. The van der Waals surface area contributed by atoms with Gasteiger partial charge in [0.15, 0.2) is 15.5 Å². The number of hydrogen-bond acceptors (Lipinski definition) is 5. The summed E-state index contributed by atoms with van der Waals surface area (Å²) in [7, 11) is -3.42. The fraction of sp³-hybridized carbons (Fsp3) is 0.160. The van der Waals surface area contributed by atoms with Crippen molar-refractivity contribution in [3.8, 4) is 0 Å². The van der Waals surface area contributed by atoms with Gasteiger partial charge in [0, 0.05) is 11.9 Å². The summed E-state index contributed by atoms with van der Waals surface area (Å²) in [6.45, 7) is 0.402. The molecule has 0 bridgehead atoms. The molecule has 3 aromatic carbocycles. The number of hydrogen-bond donors (Lipinski definition) is 1. The molecule has 1 N–H and O–H groups in total. The van der Waals surface area contributed by atoms with Crippen LogP contribution in [0.3, 0.4) is 0 Å². The molecule has 4 rings (SSSR count). The number of nitrogens with zero attached hydrogens (tertiary/aromatic N) is 2. The molecule has 0 saturated carbocycles. The average molecular weight is 462 g/mol. The zero-order chi connectivity index (χ0) is 23.3. The minimum Gasteiger partial charge on any atom is -0.351 e. The summed E-state index contributed by atoms with van der Waals surface area (Å²) < 4.78 is 26.1. The van der Waals surface area contributed by atoms with E-state index in [-0.39, 0.29) is 41.4 Å². The number of nitrogens with one attached hydrogen (secondary N) is 1. The van der Waals surface area contributed by atoms with Crippen LogP contribution in [-0.2, 0) is 16.4 Å². The van der Waals surface area contributed by atoms with E-state index in [0.29, 0.717) is 10.8 Å². The Labute approximate surface area is 191 Å². The number of rotatable bonds is 8. The van der Waals surface area contributed by atoms with Crippen molar-refractivity contribution in [2.24, 2.45) is 0 Å². The zero-order valence-electron chi connectivity index (χ0n) is 17.8. The van der Waals surface area contributed by atoms with E-state index in [1.165, 1.54) is 4.68 Å². The van der Waals surface area contributed by atoms with E-state index in [1.54, 1.807) is 54.6 Å². The Morgan fingerprint density at radius 2 is 1.45 bits per heavy atom. The second kappa shape index (κ2) is 9.79. The topological polar surface area (TPSA) is 98.1 Å². The van der Waals surface area contributed by atoms with Crippen LogP contribution in [0.2, 0.25) is 0 Å². The first-order chi connectivity index (χ1) is 16.0. The molecule has 1 aromatic heterocycles. The third-order valence-corrected chi connectivity index (χ3v) is 7.05. The van der Waals surface area contributed by atoms with Crippen molar-refractivity contribution in [2.45, 2.75) is 17.9 Å². The van der Waals surface area contributed by atoms with Crippen LogP contribution >= 0.6 is 0 Å². The Balaban J connectivity index is 1.51. The smallest absolute Gasteiger partial charge is 0.274 e. The highest BCUT2D eigenvalue weighted by molar-refractivity contribution is 7.91. The van der Waals surface area contributed by atoms with Gasteiger partial charge in [-0.2, -0.15) is 5.10 Å². The standard InChI is InChI=1S/C25H23N3O4S/c29-24(26-16-9-17-33(31,32)20-12-5-2-6-13-20)23-21-14-7-8-15-22(21)25(30)28(27-23)18-19-10-3-1-4-11-19/h1-8,10-15H,9,16-18H2,(H,26,29). The maximum absolute atomic E-state index is 12.9. The summed E-state index contributed by atoms with van der Waals surface area (Å²) >= 11 is 0. The Hall–Kier alpha value is -3.78. The van der Waals surface area contributed by atoms with Crippen LogP contribution in [0.15, 0.2) is 94.6 Å². The fourth-order valence-corrected chi connectivity index (χ4v) is 4.89. The monoisotopic (exact) mass is 461 g/mol. The maximum atomic E-state index is 12.9. The van der Waals surface area contributed by atoms with Crippen molar-refractivity contribution in [3.05, 3.63) is 107 Å². The number of carbonyl (C=O) groups is 1. The van der Waals surface area contributed by atoms with E-state index in [9.17, 15) is 18.0 Å². The van der Waals surface area contributed by atoms with Gasteiger partial charge in [0.05, 0.1) is 22.6 Å². The lowest BCUT2D eigenvalue weighted by atomic mass is 10.1. The van der Waals surface area contributed by atoms with Gasteiger partial charge in [-0.05, 0) is 30.2 Å². The van der Waals surface area contributed by atoms with Crippen LogP contribution in [-0.4, -0.2) is 36.4 Å². The first-order valence-corrected chi connectivity index (χ1v) is 12.2. The van der Waals surface area contributed by atoms with Gasteiger partial charge in [0.2, 0.25) is 0 Å².